The van der Waals surface area contributed by atoms with Crippen molar-refractivity contribution in [1.82, 2.24) is 19.9 Å². The highest BCUT2D eigenvalue weighted by molar-refractivity contribution is 7.92. The zero-order chi connectivity index (χ0) is 37.2. The maximum Gasteiger partial charge on any atom is 0.261 e. The molecule has 18 heteroatoms. The van der Waals surface area contributed by atoms with E-state index in [0.29, 0.717) is 31.7 Å². The first-order chi connectivity index (χ1) is 24.7. The van der Waals surface area contributed by atoms with Gasteiger partial charge in [-0.15, -0.1) is 0 Å². The minimum atomic E-state index is -3.88. The van der Waals surface area contributed by atoms with Gasteiger partial charge in [0.2, 0.25) is 11.8 Å². The van der Waals surface area contributed by atoms with E-state index in [4.69, 9.17) is 40.5 Å². The number of fused-ring (bicyclic) bond motifs is 2. The van der Waals surface area contributed by atoms with Gasteiger partial charge in [-0.25, -0.2) is 28.4 Å². The number of benzene rings is 3. The van der Waals surface area contributed by atoms with Crippen LogP contribution in [-0.4, -0.2) is 40.2 Å². The number of sulfonamides is 1. The third kappa shape index (κ3) is 8.75. The number of carbonyl (C=O) groups is 2. The molecule has 0 aliphatic heterocycles. The molecule has 4 aromatic heterocycles. The van der Waals surface area contributed by atoms with Crippen LogP contribution >= 0.6 is 57.5 Å². The van der Waals surface area contributed by atoms with E-state index in [0.717, 1.165) is 37.1 Å². The molecule has 2 amide bonds. The van der Waals surface area contributed by atoms with Crippen LogP contribution in [0.5, 0.6) is 0 Å². The van der Waals surface area contributed by atoms with Crippen LogP contribution in [0.1, 0.15) is 13.8 Å². The van der Waals surface area contributed by atoms with Crippen molar-refractivity contribution in [2.45, 2.75) is 18.7 Å². The number of hydrogen-bond acceptors (Lipinski definition) is 11. The average molecular weight is 812 g/mol. The Bertz CT molecular complexity index is 2600. The Morgan fingerprint density at radius 3 is 1.67 bits per heavy atom. The zero-order valence-corrected chi connectivity index (χ0v) is 31.7. The second-order valence-corrected chi connectivity index (χ2v) is 15.9. The van der Waals surface area contributed by atoms with Gasteiger partial charge in [0.25, 0.3) is 10.0 Å². The van der Waals surface area contributed by atoms with E-state index in [1.165, 1.54) is 60.8 Å². The topological polar surface area (TPSA) is 182 Å². The van der Waals surface area contributed by atoms with E-state index < -0.39 is 10.0 Å². The Kier molecular flexibility index (Phi) is 10.9. The Labute approximate surface area is 320 Å². The van der Waals surface area contributed by atoms with Crippen molar-refractivity contribution in [3.05, 3.63) is 101 Å². The highest BCUT2D eigenvalue weighted by Gasteiger charge is 2.18. The Morgan fingerprint density at radius 2 is 1.17 bits per heavy atom. The summed E-state index contributed by atoms with van der Waals surface area (Å²) in [5.41, 5.74) is 11.3. The number of pyridine rings is 2. The van der Waals surface area contributed by atoms with E-state index in [9.17, 15) is 18.0 Å². The van der Waals surface area contributed by atoms with Crippen molar-refractivity contribution in [2.75, 3.05) is 21.1 Å². The summed E-state index contributed by atoms with van der Waals surface area (Å²) >= 11 is 20.6. The van der Waals surface area contributed by atoms with Crippen molar-refractivity contribution < 1.29 is 18.0 Å². The summed E-state index contributed by atoms with van der Waals surface area (Å²) in [5.74, 6) is -0.331. The molecule has 0 aliphatic carbocycles. The quantitative estimate of drug-likeness (QED) is 0.114. The number of nitrogens with two attached hydrogens (primary N) is 1. The molecular weight excluding hydrogens is 787 g/mol. The SMILES string of the molecule is CC(=O)Nc1nc2ccc(-c3cnc(Cl)c(N)c3)cc2s1.CC(=O)Nc1nc2ccc(-c3cnc(Cl)c(NS(=O)(=O)c4ccc(Cl)cc4)c3)cc2s1. The molecule has 52 heavy (non-hydrogen) atoms. The number of amides is 2. The molecule has 0 bridgehead atoms. The van der Waals surface area contributed by atoms with E-state index in [1.54, 1.807) is 24.5 Å². The van der Waals surface area contributed by atoms with Gasteiger partial charge in [-0.1, -0.05) is 69.6 Å². The summed E-state index contributed by atoms with van der Waals surface area (Å²) in [7, 11) is -3.88. The fourth-order valence-electron chi connectivity index (χ4n) is 4.73. The van der Waals surface area contributed by atoms with Crippen LogP contribution in [0, 0.1) is 0 Å². The second-order valence-electron chi connectivity index (χ2n) is 11.0. The molecule has 0 aliphatic rings. The van der Waals surface area contributed by atoms with Crippen LogP contribution < -0.4 is 21.1 Å². The number of aromatic nitrogens is 4. The zero-order valence-electron chi connectivity index (χ0n) is 26.9. The molecule has 0 spiro atoms. The molecule has 0 fully saturated rings. The average Bonchev–Trinajstić information content (AvgIpc) is 3.68. The second kappa shape index (κ2) is 15.4. The van der Waals surface area contributed by atoms with Crippen LogP contribution in [0.4, 0.5) is 21.6 Å². The third-order valence-corrected chi connectivity index (χ3v) is 11.2. The number of halogens is 3. The lowest BCUT2D eigenvalue weighted by Gasteiger charge is -2.11. The van der Waals surface area contributed by atoms with Crippen molar-refractivity contribution in [2.24, 2.45) is 0 Å². The molecule has 0 unspecified atom stereocenters. The highest BCUT2D eigenvalue weighted by atomic mass is 35.5. The Morgan fingerprint density at radius 1 is 0.673 bits per heavy atom. The van der Waals surface area contributed by atoms with Crippen LogP contribution in [0.25, 0.3) is 42.7 Å². The smallest absolute Gasteiger partial charge is 0.261 e. The number of nitrogens with one attached hydrogen (secondary N) is 3. The molecule has 7 rings (SSSR count). The Balaban J connectivity index is 0.000000192. The van der Waals surface area contributed by atoms with Crippen LogP contribution in [0.2, 0.25) is 15.3 Å². The molecule has 7 aromatic rings. The van der Waals surface area contributed by atoms with E-state index in [1.807, 2.05) is 36.4 Å². The van der Waals surface area contributed by atoms with Gasteiger partial charge < -0.3 is 16.4 Å². The molecule has 0 saturated carbocycles. The maximum absolute atomic E-state index is 12.7. The van der Waals surface area contributed by atoms with Crippen LogP contribution in [-0.2, 0) is 19.6 Å². The van der Waals surface area contributed by atoms with Gasteiger partial charge in [-0.05, 0) is 71.8 Å². The summed E-state index contributed by atoms with van der Waals surface area (Å²) in [5, 5.41) is 7.20. The summed E-state index contributed by atoms with van der Waals surface area (Å²) in [6, 6.07) is 20.6. The first kappa shape index (κ1) is 36.9. The predicted octanol–water partition coefficient (Wildman–Crippen LogP) is 8.98. The number of hydrogen-bond donors (Lipinski definition) is 4. The van der Waals surface area contributed by atoms with E-state index >= 15 is 0 Å². The number of nitrogens with zero attached hydrogens (tertiary/aromatic N) is 4. The Hall–Kier alpha value is -4.90. The lowest BCUT2D eigenvalue weighted by molar-refractivity contribution is -0.115. The number of rotatable bonds is 7. The summed E-state index contributed by atoms with van der Waals surface area (Å²) in [6.45, 7) is 2.88. The molecule has 5 N–H and O–H groups in total. The van der Waals surface area contributed by atoms with Crippen molar-refractivity contribution in [3.63, 3.8) is 0 Å². The summed E-state index contributed by atoms with van der Waals surface area (Å²) < 4.78 is 29.7. The number of anilines is 4. The van der Waals surface area contributed by atoms with Crippen molar-refractivity contribution in [1.29, 1.82) is 0 Å². The number of carbonyl (C=O) groups excluding carboxylic acids is 2. The fourth-order valence-corrected chi connectivity index (χ4v) is 8.13. The third-order valence-electron chi connectivity index (χ3n) is 7.08. The van der Waals surface area contributed by atoms with Crippen molar-refractivity contribution in [3.8, 4) is 22.3 Å². The van der Waals surface area contributed by atoms with E-state index in [2.05, 4.69) is 35.3 Å². The maximum atomic E-state index is 12.7. The largest absolute Gasteiger partial charge is 0.396 e. The fraction of sp³-hybridized carbons (Fsp3) is 0.0588. The van der Waals surface area contributed by atoms with Gasteiger partial charge in [0.1, 0.15) is 0 Å². The first-order valence-electron chi connectivity index (χ1n) is 15.0. The standard InChI is InChI=1S/C20H14Cl2N4O3S2.C14H11ClN4OS/c1-11(27)24-20-25-16-7-2-12(9-18(16)30-20)13-8-17(19(22)23-10-13)26-31(28,29)15-5-3-14(21)4-6-15;1-7(20)18-14-19-11-3-2-8(5-12(11)21-14)9-4-10(16)13(15)17-6-9/h2-10,26H,1H3,(H,24,25,27);2-6H,16H2,1H3,(H,18,19,20). The van der Waals surface area contributed by atoms with Crippen LogP contribution in [0.3, 0.4) is 0 Å². The monoisotopic (exact) mass is 810 g/mol. The molecule has 0 atom stereocenters. The summed E-state index contributed by atoms with van der Waals surface area (Å²) in [4.78, 5) is 39.2. The van der Waals surface area contributed by atoms with E-state index in [-0.39, 0.29) is 27.6 Å². The number of nitrogen functional groups attached to an aromatic ring is 1. The predicted molar refractivity (Wildman–Crippen MR) is 211 cm³/mol. The number of thiazole rings is 2. The lowest BCUT2D eigenvalue weighted by atomic mass is 10.1. The molecule has 0 radical (unpaired) electrons. The molecule has 12 nitrogen and oxygen atoms in total. The molecular formula is C34H25Cl3N8O4S3. The normalized spacial score (nSPS) is 11.2. The lowest BCUT2D eigenvalue weighted by Crippen LogP contribution is -2.13. The molecule has 264 valence electrons. The first-order valence-corrected chi connectivity index (χ1v) is 19.2. The summed E-state index contributed by atoms with van der Waals surface area (Å²) in [6.07, 6.45) is 3.23. The molecule has 0 saturated heterocycles. The minimum Gasteiger partial charge on any atom is -0.396 e. The van der Waals surface area contributed by atoms with Gasteiger partial charge in [-0.2, -0.15) is 0 Å². The molecule has 4 heterocycles. The van der Waals surface area contributed by atoms with Gasteiger partial charge >= 0.3 is 0 Å². The van der Waals surface area contributed by atoms with Crippen molar-refractivity contribution >= 4 is 121 Å². The highest BCUT2D eigenvalue weighted by Crippen LogP contribution is 2.34. The van der Waals surface area contributed by atoms with Gasteiger partial charge in [0, 0.05) is 42.4 Å². The molecule has 3 aromatic carbocycles. The minimum absolute atomic E-state index is 0.0214. The van der Waals surface area contributed by atoms with Gasteiger partial charge in [0.15, 0.2) is 20.6 Å². The van der Waals surface area contributed by atoms with Crippen LogP contribution in [0.15, 0.2) is 90.1 Å². The van der Waals surface area contributed by atoms with Gasteiger partial charge in [0.05, 0.1) is 36.7 Å². The van der Waals surface area contributed by atoms with Gasteiger partial charge in [-0.3, -0.25) is 14.3 Å².